The number of amides is 1. The van der Waals surface area contributed by atoms with Gasteiger partial charge in [0, 0.05) is 25.7 Å². The second-order valence-corrected chi connectivity index (χ2v) is 7.70. The molecule has 0 saturated carbocycles. The van der Waals surface area contributed by atoms with Crippen molar-refractivity contribution in [2.75, 3.05) is 20.6 Å². The molecule has 0 radical (unpaired) electrons. The zero-order valence-corrected chi connectivity index (χ0v) is 17.9. The van der Waals surface area contributed by atoms with E-state index in [1.165, 1.54) is 4.90 Å². The second-order valence-electron chi connectivity index (χ2n) is 7.29. The van der Waals surface area contributed by atoms with Crippen molar-refractivity contribution in [2.45, 2.75) is 13.5 Å². The molecule has 7 nitrogen and oxygen atoms in total. The van der Waals surface area contributed by atoms with Crippen molar-refractivity contribution < 1.29 is 9.90 Å². The van der Waals surface area contributed by atoms with Crippen LogP contribution in [0.4, 0.5) is 0 Å². The van der Waals surface area contributed by atoms with Crippen molar-refractivity contribution in [2.24, 2.45) is 0 Å². The number of hydrogen-bond acceptors (Lipinski definition) is 4. The van der Waals surface area contributed by atoms with Gasteiger partial charge in [0.05, 0.1) is 23.2 Å². The summed E-state index contributed by atoms with van der Waals surface area (Å²) >= 11 is 6.22. The highest BCUT2D eigenvalue weighted by molar-refractivity contribution is 6.31. The normalized spacial score (nSPS) is 13.5. The number of imidazole rings is 1. The van der Waals surface area contributed by atoms with Crippen molar-refractivity contribution in [3.05, 3.63) is 70.2 Å². The zero-order valence-electron chi connectivity index (χ0n) is 17.1. The Hall–Kier alpha value is -3.32. The van der Waals surface area contributed by atoms with Gasteiger partial charge < -0.3 is 19.9 Å². The number of hydrogen-bond donors (Lipinski definition) is 3. The molecule has 2 aromatic carbocycles. The third kappa shape index (κ3) is 4.63. The van der Waals surface area contributed by atoms with Crippen molar-refractivity contribution >= 4 is 40.5 Å². The van der Waals surface area contributed by atoms with Crippen molar-refractivity contribution in [1.82, 2.24) is 19.8 Å². The summed E-state index contributed by atoms with van der Waals surface area (Å²) in [5.41, 5.74) is 4.21. The van der Waals surface area contributed by atoms with Gasteiger partial charge in [0.15, 0.2) is 0 Å². The van der Waals surface area contributed by atoms with E-state index in [4.69, 9.17) is 17.0 Å². The monoisotopic (exact) mass is 425 g/mol. The molecule has 3 N–H and O–H groups in total. The number of aromatic amines is 1. The Balaban J connectivity index is 0.000000461. The molecule has 30 heavy (non-hydrogen) atoms. The molecule has 0 bridgehead atoms. The number of carbonyl (C=O) groups is 1. The molecule has 0 saturated heterocycles. The highest BCUT2D eigenvalue weighted by atomic mass is 35.5. The average Bonchev–Trinajstić information content (AvgIpc) is 3.23. The predicted octanol–water partition coefficient (Wildman–Crippen LogP) is 3.99. The highest BCUT2D eigenvalue weighted by Gasteiger charge is 2.30. The number of halogens is 1. The van der Waals surface area contributed by atoms with Gasteiger partial charge >= 0.3 is 0 Å². The average molecular weight is 426 g/mol. The number of aromatic nitrogens is 2. The van der Waals surface area contributed by atoms with E-state index in [-0.39, 0.29) is 18.1 Å². The van der Waals surface area contributed by atoms with Crippen LogP contribution in [0.5, 0.6) is 0 Å². The first kappa shape index (κ1) is 21.4. The molecule has 4 rings (SSSR count). The first-order chi connectivity index (χ1) is 14.3. The summed E-state index contributed by atoms with van der Waals surface area (Å²) in [6.07, 6.45) is 0.750. The Morgan fingerprint density at radius 1 is 1.30 bits per heavy atom. The lowest BCUT2D eigenvalue weighted by molar-refractivity contribution is -0.115. The van der Waals surface area contributed by atoms with Crippen LogP contribution in [0.25, 0.3) is 16.6 Å². The Labute approximate surface area is 180 Å². The minimum atomic E-state index is 0.146. The minimum absolute atomic E-state index is 0.146. The molecular formula is C22H24ClN5O2. The summed E-state index contributed by atoms with van der Waals surface area (Å²) in [4.78, 5) is 20.4. The number of carbonyl (C=O) groups excluding carboxylic acids is 1. The summed E-state index contributed by atoms with van der Waals surface area (Å²) in [7, 11) is 3.38. The number of aliphatic hydroxyl groups excluding tert-OH is 1. The van der Waals surface area contributed by atoms with Gasteiger partial charge in [0.25, 0.3) is 0 Å². The fraction of sp³-hybridized carbons (Fsp3) is 0.227. The molecule has 0 aliphatic carbocycles. The van der Waals surface area contributed by atoms with E-state index < -0.39 is 0 Å². The fourth-order valence-electron chi connectivity index (χ4n) is 3.09. The molecule has 1 aliphatic heterocycles. The van der Waals surface area contributed by atoms with Crippen molar-refractivity contribution in [1.29, 1.82) is 5.41 Å². The zero-order chi connectivity index (χ0) is 21.8. The van der Waals surface area contributed by atoms with Gasteiger partial charge in [-0.2, -0.15) is 0 Å². The smallest absolute Gasteiger partial charge is 0.209 e. The van der Waals surface area contributed by atoms with Crippen LogP contribution in [-0.2, 0) is 11.3 Å². The number of rotatable bonds is 4. The van der Waals surface area contributed by atoms with Gasteiger partial charge in [0.1, 0.15) is 17.4 Å². The Morgan fingerprint density at radius 2 is 2.00 bits per heavy atom. The molecule has 1 aromatic heterocycles. The molecular weight excluding hydrogens is 402 g/mol. The van der Waals surface area contributed by atoms with E-state index in [0.29, 0.717) is 23.0 Å². The van der Waals surface area contributed by atoms with E-state index in [1.54, 1.807) is 19.0 Å². The van der Waals surface area contributed by atoms with Gasteiger partial charge in [-0.05, 0) is 36.2 Å². The van der Waals surface area contributed by atoms with Crippen molar-refractivity contribution in [3.63, 3.8) is 0 Å². The Kier molecular flexibility index (Phi) is 6.42. The maximum atomic E-state index is 10.4. The predicted molar refractivity (Wildman–Crippen MR) is 120 cm³/mol. The lowest BCUT2D eigenvalue weighted by Gasteiger charge is -2.19. The molecule has 0 unspecified atom stereocenters. The van der Waals surface area contributed by atoms with Crippen LogP contribution < -0.4 is 0 Å². The van der Waals surface area contributed by atoms with E-state index in [0.717, 1.165) is 28.6 Å². The summed E-state index contributed by atoms with van der Waals surface area (Å²) in [5, 5.41) is 19.5. The summed E-state index contributed by atoms with van der Waals surface area (Å²) in [5.74, 6) is 0.908. The number of aliphatic hydroxyl groups is 1. The maximum absolute atomic E-state index is 10.4. The first-order valence-electron chi connectivity index (χ1n) is 9.38. The minimum Gasteiger partial charge on any atom is -0.510 e. The number of nitrogens with zero attached hydrogens (tertiary/aromatic N) is 3. The van der Waals surface area contributed by atoms with E-state index in [9.17, 15) is 9.90 Å². The number of nitrogens with one attached hydrogen (secondary N) is 2. The standard InChI is InChI=1S/C19H17ClN4O.C3H7NO/c1-11-6-7-14-15(8-11)23-19(22-14)17-16(25)10-24(18(17)21)9-12-4-2-3-5-13(12)20;1-4(2)3-5/h2-8,21,25H,9-10H2,1H3,(H,22,23);3H,1-2H3. The summed E-state index contributed by atoms with van der Waals surface area (Å²) < 4.78 is 0. The van der Waals surface area contributed by atoms with Crippen LogP contribution in [-0.4, -0.2) is 57.8 Å². The third-order valence-corrected chi connectivity index (χ3v) is 4.96. The Bertz CT molecular complexity index is 1120. The molecule has 8 heteroatoms. The lowest BCUT2D eigenvalue weighted by atomic mass is 10.2. The number of aryl methyl sites for hydroxylation is 1. The molecule has 1 aliphatic rings. The SMILES string of the molecule is CN(C)C=O.Cc1ccc2nc(C3=C(O)CN(Cc4ccccc4Cl)C3=N)[nH]c2c1. The van der Waals surface area contributed by atoms with Gasteiger partial charge in [-0.1, -0.05) is 35.9 Å². The molecule has 2 heterocycles. The first-order valence-corrected chi connectivity index (χ1v) is 9.75. The van der Waals surface area contributed by atoms with Gasteiger partial charge in [-0.15, -0.1) is 0 Å². The van der Waals surface area contributed by atoms with Gasteiger partial charge in [-0.3, -0.25) is 10.2 Å². The summed E-state index contributed by atoms with van der Waals surface area (Å²) in [6, 6.07) is 13.5. The number of amidine groups is 1. The van der Waals surface area contributed by atoms with E-state index >= 15 is 0 Å². The summed E-state index contributed by atoms with van der Waals surface area (Å²) in [6.45, 7) is 2.75. The van der Waals surface area contributed by atoms with E-state index in [2.05, 4.69) is 9.97 Å². The number of H-pyrrole nitrogens is 1. The molecule has 0 spiro atoms. The van der Waals surface area contributed by atoms with Crippen LogP contribution in [0.2, 0.25) is 5.02 Å². The topological polar surface area (TPSA) is 96.3 Å². The number of benzene rings is 2. The largest absolute Gasteiger partial charge is 0.510 e. The number of fused-ring (bicyclic) bond motifs is 1. The van der Waals surface area contributed by atoms with Crippen molar-refractivity contribution in [3.8, 4) is 0 Å². The van der Waals surface area contributed by atoms with Crippen LogP contribution in [0, 0.1) is 12.3 Å². The highest BCUT2D eigenvalue weighted by Crippen LogP contribution is 2.29. The fourth-order valence-corrected chi connectivity index (χ4v) is 3.29. The molecule has 156 valence electrons. The maximum Gasteiger partial charge on any atom is 0.209 e. The second kappa shape index (κ2) is 9.00. The third-order valence-electron chi connectivity index (χ3n) is 4.59. The van der Waals surface area contributed by atoms with Crippen LogP contribution in [0.15, 0.2) is 48.2 Å². The molecule has 0 atom stereocenters. The van der Waals surface area contributed by atoms with Crippen LogP contribution in [0.3, 0.4) is 0 Å². The molecule has 1 amide bonds. The quantitative estimate of drug-likeness (QED) is 0.550. The van der Waals surface area contributed by atoms with Crippen LogP contribution >= 0.6 is 11.6 Å². The lowest BCUT2D eigenvalue weighted by Crippen LogP contribution is -2.26. The molecule has 0 fully saturated rings. The van der Waals surface area contributed by atoms with Gasteiger partial charge in [0.2, 0.25) is 6.41 Å². The Morgan fingerprint density at radius 3 is 2.67 bits per heavy atom. The van der Waals surface area contributed by atoms with Crippen LogP contribution in [0.1, 0.15) is 17.0 Å². The van der Waals surface area contributed by atoms with Gasteiger partial charge in [-0.25, -0.2) is 4.98 Å². The molecule has 3 aromatic rings. The van der Waals surface area contributed by atoms with E-state index in [1.807, 2.05) is 49.4 Å².